The highest BCUT2D eigenvalue weighted by Crippen LogP contribution is 2.47. The lowest BCUT2D eigenvalue weighted by Crippen LogP contribution is -2.49. The van der Waals surface area contributed by atoms with Gasteiger partial charge < -0.3 is 5.73 Å². The van der Waals surface area contributed by atoms with Crippen LogP contribution in [0.5, 0.6) is 0 Å². The molecule has 1 aliphatic carbocycles. The zero-order chi connectivity index (χ0) is 11.8. The first-order chi connectivity index (χ1) is 7.55. The Balaban J connectivity index is 2.14. The molecule has 1 nitrogen and oxygen atoms in total. The molecule has 1 aromatic rings. The normalized spacial score (nSPS) is 28.9. The molecular weight excluding hydrogens is 225 g/mol. The molecule has 0 spiro atoms. The maximum atomic E-state index is 12.9. The van der Waals surface area contributed by atoms with Crippen molar-refractivity contribution in [1.82, 2.24) is 0 Å². The summed E-state index contributed by atoms with van der Waals surface area (Å²) in [6, 6.07) is 4.50. The minimum absolute atomic E-state index is 0.304. The van der Waals surface area contributed by atoms with Gasteiger partial charge in [0.2, 0.25) is 0 Å². The SMILES string of the molecule is CCCC1CC(N)(c2ccc(F)cc2Cl)C1. The van der Waals surface area contributed by atoms with Gasteiger partial charge in [0, 0.05) is 10.6 Å². The fraction of sp³-hybridized carbons (Fsp3) is 0.538. The highest BCUT2D eigenvalue weighted by Gasteiger charge is 2.42. The van der Waals surface area contributed by atoms with Crippen molar-refractivity contribution in [3.8, 4) is 0 Å². The van der Waals surface area contributed by atoms with E-state index in [1.54, 1.807) is 6.07 Å². The fourth-order valence-corrected chi connectivity index (χ4v) is 3.05. The summed E-state index contributed by atoms with van der Waals surface area (Å²) in [5.74, 6) is 0.401. The van der Waals surface area contributed by atoms with Crippen LogP contribution in [0.3, 0.4) is 0 Å². The molecule has 0 heterocycles. The van der Waals surface area contributed by atoms with E-state index in [0.29, 0.717) is 10.9 Å². The summed E-state index contributed by atoms with van der Waals surface area (Å²) in [4.78, 5) is 0. The molecule has 1 fully saturated rings. The Kier molecular flexibility index (Phi) is 3.22. The van der Waals surface area contributed by atoms with Crippen LogP contribution in [-0.4, -0.2) is 0 Å². The van der Waals surface area contributed by atoms with Crippen molar-refractivity contribution in [2.24, 2.45) is 11.7 Å². The van der Waals surface area contributed by atoms with Crippen LogP contribution in [0, 0.1) is 11.7 Å². The lowest BCUT2D eigenvalue weighted by Gasteiger charge is -2.46. The van der Waals surface area contributed by atoms with Gasteiger partial charge in [-0.1, -0.05) is 37.4 Å². The van der Waals surface area contributed by atoms with Crippen LogP contribution in [0.25, 0.3) is 0 Å². The Morgan fingerprint density at radius 1 is 1.50 bits per heavy atom. The molecule has 2 rings (SSSR count). The standard InChI is InChI=1S/C13H17ClFN/c1-2-3-9-7-13(16,8-9)11-5-4-10(15)6-12(11)14/h4-6,9H,2-3,7-8,16H2,1H3. The number of hydrogen-bond acceptors (Lipinski definition) is 1. The lowest BCUT2D eigenvalue weighted by molar-refractivity contribution is 0.138. The molecule has 1 aliphatic rings. The first-order valence-electron chi connectivity index (χ1n) is 5.79. The predicted octanol–water partition coefficient (Wildman–Crippen LogP) is 3.84. The third kappa shape index (κ3) is 2.09. The second-order valence-corrected chi connectivity index (χ2v) is 5.25. The second-order valence-electron chi connectivity index (χ2n) is 4.84. The Bertz CT molecular complexity index is 386. The largest absolute Gasteiger partial charge is 0.321 e. The van der Waals surface area contributed by atoms with E-state index in [2.05, 4.69) is 6.92 Å². The van der Waals surface area contributed by atoms with Gasteiger partial charge >= 0.3 is 0 Å². The number of rotatable bonds is 3. The average Bonchev–Trinajstić information content (AvgIpc) is 2.15. The molecule has 3 heteroatoms. The molecule has 0 aromatic heterocycles. The Labute approximate surface area is 101 Å². The lowest BCUT2D eigenvalue weighted by atomic mass is 9.64. The number of halogens is 2. The van der Waals surface area contributed by atoms with Gasteiger partial charge in [-0.05, 0) is 36.5 Å². The summed E-state index contributed by atoms with van der Waals surface area (Å²) in [7, 11) is 0. The van der Waals surface area contributed by atoms with Gasteiger partial charge in [0.25, 0.3) is 0 Å². The first kappa shape index (κ1) is 11.9. The number of nitrogens with two attached hydrogens (primary N) is 1. The maximum Gasteiger partial charge on any atom is 0.124 e. The minimum atomic E-state index is -0.329. The molecule has 0 atom stereocenters. The van der Waals surface area contributed by atoms with Crippen molar-refractivity contribution in [2.45, 2.75) is 38.1 Å². The van der Waals surface area contributed by atoms with E-state index in [-0.39, 0.29) is 11.4 Å². The Morgan fingerprint density at radius 2 is 2.19 bits per heavy atom. The van der Waals surface area contributed by atoms with Crippen molar-refractivity contribution in [1.29, 1.82) is 0 Å². The summed E-state index contributed by atoms with van der Waals surface area (Å²) in [6.07, 6.45) is 4.34. The van der Waals surface area contributed by atoms with Crippen LogP contribution >= 0.6 is 11.6 Å². The summed E-state index contributed by atoms with van der Waals surface area (Å²) < 4.78 is 12.9. The van der Waals surface area contributed by atoms with Gasteiger partial charge in [-0.2, -0.15) is 0 Å². The second kappa shape index (κ2) is 4.34. The van der Waals surface area contributed by atoms with E-state index in [0.717, 1.165) is 18.4 Å². The molecule has 0 radical (unpaired) electrons. The average molecular weight is 242 g/mol. The van der Waals surface area contributed by atoms with Crippen molar-refractivity contribution in [2.75, 3.05) is 0 Å². The van der Waals surface area contributed by atoms with Gasteiger partial charge in [-0.15, -0.1) is 0 Å². The summed E-state index contributed by atoms with van der Waals surface area (Å²) in [5.41, 5.74) is 6.85. The van der Waals surface area contributed by atoms with E-state index < -0.39 is 0 Å². The zero-order valence-corrected chi connectivity index (χ0v) is 10.2. The molecule has 16 heavy (non-hydrogen) atoms. The molecule has 0 saturated heterocycles. The van der Waals surface area contributed by atoms with Crippen LogP contribution < -0.4 is 5.73 Å². The topological polar surface area (TPSA) is 26.0 Å². The van der Waals surface area contributed by atoms with Crippen LogP contribution in [0.2, 0.25) is 5.02 Å². The molecule has 1 saturated carbocycles. The number of benzene rings is 1. The van der Waals surface area contributed by atoms with Crippen LogP contribution in [0.4, 0.5) is 4.39 Å². The summed E-state index contributed by atoms with van der Waals surface area (Å²) >= 11 is 6.03. The smallest absolute Gasteiger partial charge is 0.124 e. The fourth-order valence-electron chi connectivity index (χ4n) is 2.70. The van der Waals surface area contributed by atoms with Gasteiger partial charge in [0.05, 0.1) is 0 Å². The monoisotopic (exact) mass is 241 g/mol. The first-order valence-corrected chi connectivity index (χ1v) is 6.17. The maximum absolute atomic E-state index is 12.9. The quantitative estimate of drug-likeness (QED) is 0.855. The molecule has 1 aromatic carbocycles. The molecule has 88 valence electrons. The minimum Gasteiger partial charge on any atom is -0.321 e. The molecule has 0 bridgehead atoms. The van der Waals surface area contributed by atoms with E-state index in [9.17, 15) is 4.39 Å². The van der Waals surface area contributed by atoms with Gasteiger partial charge in [0.1, 0.15) is 5.82 Å². The van der Waals surface area contributed by atoms with Crippen molar-refractivity contribution in [3.63, 3.8) is 0 Å². The van der Waals surface area contributed by atoms with Crippen molar-refractivity contribution >= 4 is 11.6 Å². The van der Waals surface area contributed by atoms with Gasteiger partial charge in [-0.3, -0.25) is 0 Å². The zero-order valence-electron chi connectivity index (χ0n) is 9.47. The van der Waals surface area contributed by atoms with E-state index >= 15 is 0 Å². The number of hydrogen-bond donors (Lipinski definition) is 1. The predicted molar refractivity (Wildman–Crippen MR) is 64.9 cm³/mol. The highest BCUT2D eigenvalue weighted by molar-refractivity contribution is 6.31. The van der Waals surface area contributed by atoms with Crippen LogP contribution in [-0.2, 0) is 5.54 Å². The Hall–Kier alpha value is -0.600. The molecule has 0 unspecified atom stereocenters. The molecule has 2 N–H and O–H groups in total. The van der Waals surface area contributed by atoms with Gasteiger partial charge in [0.15, 0.2) is 0 Å². The molecule has 0 aliphatic heterocycles. The van der Waals surface area contributed by atoms with Crippen molar-refractivity contribution in [3.05, 3.63) is 34.6 Å². The summed E-state index contributed by atoms with van der Waals surface area (Å²) in [6.45, 7) is 2.18. The van der Waals surface area contributed by atoms with E-state index in [4.69, 9.17) is 17.3 Å². The molecule has 0 amide bonds. The van der Waals surface area contributed by atoms with E-state index in [1.807, 2.05) is 0 Å². The summed E-state index contributed by atoms with van der Waals surface area (Å²) in [5, 5.41) is 0.456. The van der Waals surface area contributed by atoms with E-state index in [1.165, 1.54) is 25.0 Å². The van der Waals surface area contributed by atoms with Crippen LogP contribution in [0.1, 0.15) is 38.2 Å². The third-order valence-corrected chi connectivity index (χ3v) is 3.78. The van der Waals surface area contributed by atoms with Crippen molar-refractivity contribution < 1.29 is 4.39 Å². The third-order valence-electron chi connectivity index (χ3n) is 3.47. The Morgan fingerprint density at radius 3 is 2.75 bits per heavy atom. The van der Waals surface area contributed by atoms with Crippen LogP contribution in [0.15, 0.2) is 18.2 Å². The van der Waals surface area contributed by atoms with Gasteiger partial charge in [-0.25, -0.2) is 4.39 Å². The molecular formula is C13H17ClFN. The highest BCUT2D eigenvalue weighted by atomic mass is 35.5.